The molecule has 2 aliphatic rings. The molecule has 0 bridgehead atoms. The van der Waals surface area contributed by atoms with Crippen LogP contribution in [0.3, 0.4) is 0 Å². The van der Waals surface area contributed by atoms with Gasteiger partial charge in [0, 0.05) is 40.3 Å². The fraction of sp³-hybridized carbons (Fsp3) is 0.600. The van der Waals surface area contributed by atoms with E-state index in [1.54, 1.807) is 37.6 Å². The Morgan fingerprint density at radius 3 is 1.54 bits per heavy atom. The number of hydrogen-bond donors (Lipinski definition) is 0. The molecule has 0 radical (unpaired) electrons. The van der Waals surface area contributed by atoms with Gasteiger partial charge in [0.2, 0.25) is 10.3 Å². The van der Waals surface area contributed by atoms with Crippen LogP contribution in [0.25, 0.3) is 11.1 Å². The zero-order valence-corrected chi connectivity index (χ0v) is 35.0. The van der Waals surface area contributed by atoms with E-state index in [0.717, 1.165) is 84.0 Å². The molecular weight excluding hydrogens is 813 g/mol. The first kappa shape index (κ1) is 40.7. The molecule has 24 heteroatoms. The fourth-order valence-electron chi connectivity index (χ4n) is 5.41. The Balaban J connectivity index is 1.03. The highest BCUT2D eigenvalue weighted by molar-refractivity contribution is 8.00. The van der Waals surface area contributed by atoms with Crippen LogP contribution in [0.4, 0.5) is 0 Å². The Labute approximate surface area is 337 Å². The third-order valence-corrected chi connectivity index (χ3v) is 13.8. The molecule has 6 rings (SSSR count). The van der Waals surface area contributed by atoms with E-state index < -0.39 is 22.8 Å². The Morgan fingerprint density at radius 1 is 0.704 bits per heavy atom. The average Bonchev–Trinajstić information content (AvgIpc) is 3.98. The van der Waals surface area contributed by atoms with Gasteiger partial charge in [-0.25, -0.2) is 19.0 Å². The molecular formula is C30H40N14O4S6. The highest BCUT2D eigenvalue weighted by Crippen LogP contribution is 2.33. The largest absolute Gasteiger partial charge is 0.442 e. The first-order valence-corrected chi connectivity index (χ1v) is 22.3. The van der Waals surface area contributed by atoms with Gasteiger partial charge >= 0.3 is 11.9 Å². The van der Waals surface area contributed by atoms with Crippen LogP contribution >= 0.6 is 70.5 Å². The molecule has 0 aromatic carbocycles. The Hall–Kier alpha value is -3.00. The first-order chi connectivity index (χ1) is 26.2. The number of aromatic nitrogens is 12. The van der Waals surface area contributed by atoms with Gasteiger partial charge in [0.25, 0.3) is 0 Å². The number of hydrogen-bond acceptors (Lipinski definition) is 22. The highest BCUT2D eigenvalue weighted by atomic mass is 32.2. The summed E-state index contributed by atoms with van der Waals surface area (Å²) in [5.41, 5.74) is 2.74. The normalized spacial score (nSPS) is 16.5. The molecule has 0 amide bonds. The number of nitrogens with zero attached hydrogens (tertiary/aromatic N) is 14. The number of esters is 2. The summed E-state index contributed by atoms with van der Waals surface area (Å²) in [4.78, 5) is 31.0. The summed E-state index contributed by atoms with van der Waals surface area (Å²) >= 11 is 7.96. The van der Waals surface area contributed by atoms with Crippen LogP contribution in [0.1, 0.15) is 49.9 Å². The van der Waals surface area contributed by atoms with Crippen molar-refractivity contribution in [1.82, 2.24) is 67.7 Å². The predicted molar refractivity (Wildman–Crippen MR) is 209 cm³/mol. The van der Waals surface area contributed by atoms with Crippen molar-refractivity contribution in [2.75, 3.05) is 51.8 Å². The Morgan fingerprint density at radius 2 is 1.15 bits per heavy atom. The summed E-state index contributed by atoms with van der Waals surface area (Å²) in [6.07, 6.45) is 8.61. The van der Waals surface area contributed by atoms with Crippen molar-refractivity contribution < 1.29 is 19.1 Å². The predicted octanol–water partition coefficient (Wildman–Crippen LogP) is 3.64. The molecule has 6 heterocycles. The SMILES string of the molecule is CN1CCC=C(c2nsnc2SCCCC(OC(=O)C(=O)OC(CCCSc2nsnc2C2=CCCN(C)C2)Sc2nnnn2C)Sc2nnnn2C)C1. The lowest BCUT2D eigenvalue weighted by Gasteiger charge is -2.22. The summed E-state index contributed by atoms with van der Waals surface area (Å²) in [5.74, 6) is -0.801. The fourth-order valence-corrected chi connectivity index (χ4v) is 10.6. The standard InChI is InChI=1S/C30H40N14O4S6/c1-41-13-5-9-19(17-41)23-25(35-53-33-23)49-15-7-11-21(51-29-31-37-39-43(29)3)47-27(45)28(46)48-22(52-30-32-38-40-44(30)4)12-8-16-50-26-24(34-54-36-26)20-10-6-14-42(2)18-20/h9-10,21-22H,5-8,11-18H2,1-4H3. The smallest absolute Gasteiger partial charge is 0.418 e. The quantitative estimate of drug-likeness (QED) is 0.0462. The summed E-state index contributed by atoms with van der Waals surface area (Å²) in [7, 11) is 7.58. The van der Waals surface area contributed by atoms with Crippen molar-refractivity contribution in [3.8, 4) is 0 Å². The molecule has 0 aliphatic carbocycles. The molecule has 4 aromatic heterocycles. The third-order valence-electron chi connectivity index (χ3n) is 8.13. The van der Waals surface area contributed by atoms with Gasteiger partial charge in [0.05, 0.1) is 23.5 Å². The number of rotatable bonds is 18. The number of thioether (sulfide) groups is 4. The van der Waals surface area contributed by atoms with Gasteiger partial charge in [0.15, 0.2) is 10.9 Å². The van der Waals surface area contributed by atoms with Gasteiger partial charge in [0.1, 0.15) is 21.4 Å². The van der Waals surface area contributed by atoms with E-state index in [-0.39, 0.29) is 0 Å². The average molecular weight is 853 g/mol. The zero-order chi connectivity index (χ0) is 37.9. The molecule has 0 fully saturated rings. The molecule has 0 saturated carbocycles. The van der Waals surface area contributed by atoms with Crippen molar-refractivity contribution in [2.45, 2.75) is 69.8 Å². The van der Waals surface area contributed by atoms with Crippen LogP contribution in [0.15, 0.2) is 32.5 Å². The van der Waals surface area contributed by atoms with E-state index >= 15 is 0 Å². The Kier molecular flexibility index (Phi) is 15.2. The second kappa shape index (κ2) is 20.2. The molecule has 2 atom stereocenters. The van der Waals surface area contributed by atoms with Crippen LogP contribution in [0.5, 0.6) is 0 Å². The van der Waals surface area contributed by atoms with Crippen molar-refractivity contribution in [1.29, 1.82) is 0 Å². The minimum absolute atomic E-state index is 0.433. The van der Waals surface area contributed by atoms with E-state index in [9.17, 15) is 9.59 Å². The number of carbonyl (C=O) groups excluding carboxylic acids is 2. The van der Waals surface area contributed by atoms with Gasteiger partial charge in [-0.1, -0.05) is 12.2 Å². The summed E-state index contributed by atoms with van der Waals surface area (Å²) in [5, 5.41) is 25.9. The van der Waals surface area contributed by atoms with Crippen LogP contribution in [-0.4, -0.2) is 142 Å². The van der Waals surface area contributed by atoms with Gasteiger partial charge < -0.3 is 19.3 Å². The second-order valence-corrected chi connectivity index (χ2v) is 17.9. The number of tetrazole rings is 2. The lowest BCUT2D eigenvalue weighted by molar-refractivity contribution is -0.169. The maximum absolute atomic E-state index is 13.3. The second-order valence-electron chi connectivity index (χ2n) is 12.4. The maximum Gasteiger partial charge on any atom is 0.418 e. The molecule has 0 spiro atoms. The van der Waals surface area contributed by atoms with Crippen LogP contribution in [0, 0.1) is 0 Å². The van der Waals surface area contributed by atoms with Crippen LogP contribution in [-0.2, 0) is 33.2 Å². The van der Waals surface area contributed by atoms with E-state index in [1.807, 2.05) is 0 Å². The zero-order valence-electron chi connectivity index (χ0n) is 30.1. The molecule has 2 aliphatic heterocycles. The lowest BCUT2D eigenvalue weighted by atomic mass is 10.1. The lowest BCUT2D eigenvalue weighted by Crippen LogP contribution is -2.28. The molecule has 290 valence electrons. The van der Waals surface area contributed by atoms with E-state index in [4.69, 9.17) is 9.47 Å². The minimum atomic E-state index is -1.10. The molecule has 0 saturated heterocycles. The summed E-state index contributed by atoms with van der Waals surface area (Å²) in [6.45, 7) is 3.73. The Bertz CT molecular complexity index is 1780. The van der Waals surface area contributed by atoms with Crippen LogP contribution < -0.4 is 0 Å². The maximum atomic E-state index is 13.3. The summed E-state index contributed by atoms with van der Waals surface area (Å²) < 4.78 is 32.6. The number of carbonyl (C=O) groups is 2. The first-order valence-electron chi connectivity index (χ1n) is 17.1. The van der Waals surface area contributed by atoms with E-state index in [0.29, 0.717) is 47.5 Å². The van der Waals surface area contributed by atoms with E-state index in [2.05, 4.69) is 84.6 Å². The van der Waals surface area contributed by atoms with Crippen molar-refractivity contribution in [3.05, 3.63) is 23.5 Å². The minimum Gasteiger partial charge on any atom is -0.442 e. The number of aryl methyl sites for hydroxylation is 2. The number of ether oxygens (including phenoxy) is 2. The highest BCUT2D eigenvalue weighted by Gasteiger charge is 2.29. The van der Waals surface area contributed by atoms with Crippen molar-refractivity contribution in [2.24, 2.45) is 14.1 Å². The molecule has 0 N–H and O–H groups in total. The topological polar surface area (TPSA) is 198 Å². The molecule has 2 unspecified atom stereocenters. The van der Waals surface area contributed by atoms with E-state index in [1.165, 1.54) is 44.0 Å². The van der Waals surface area contributed by atoms with Gasteiger partial charge in [-0.05, 0) is 120 Å². The van der Waals surface area contributed by atoms with Gasteiger partial charge in [-0.2, -0.15) is 17.5 Å². The molecule has 18 nitrogen and oxygen atoms in total. The van der Waals surface area contributed by atoms with Crippen LogP contribution in [0.2, 0.25) is 0 Å². The molecule has 54 heavy (non-hydrogen) atoms. The van der Waals surface area contributed by atoms with Gasteiger partial charge in [-0.3, -0.25) is 0 Å². The molecule has 4 aromatic rings. The monoisotopic (exact) mass is 852 g/mol. The number of likely N-dealkylation sites (N-methyl/N-ethyl adjacent to an activating group) is 2. The van der Waals surface area contributed by atoms with Gasteiger partial charge in [-0.15, -0.1) is 33.7 Å². The van der Waals surface area contributed by atoms with Crippen molar-refractivity contribution in [3.63, 3.8) is 0 Å². The third kappa shape index (κ3) is 11.5. The van der Waals surface area contributed by atoms with Crippen molar-refractivity contribution >= 4 is 93.6 Å². The summed E-state index contributed by atoms with van der Waals surface area (Å²) in [6, 6.07) is 0.